The van der Waals surface area contributed by atoms with Crippen molar-refractivity contribution < 1.29 is 33.1 Å². The summed E-state index contributed by atoms with van der Waals surface area (Å²) >= 11 is 0. The molecule has 3 aliphatic heterocycles. The zero-order valence-electron chi connectivity index (χ0n) is 41.3. The van der Waals surface area contributed by atoms with Crippen LogP contribution < -0.4 is 16.3 Å². The number of hydrogen-bond acceptors (Lipinski definition) is 11. The Morgan fingerprint density at radius 2 is 1.53 bits per heavy atom. The van der Waals surface area contributed by atoms with E-state index in [0.29, 0.717) is 80.7 Å². The quantitative estimate of drug-likeness (QED) is 0.0971. The molecular formula is C52H67FN10O7. The molecule has 4 aromatic rings. The van der Waals surface area contributed by atoms with Gasteiger partial charge in [-0.2, -0.15) is 5.10 Å². The Labute approximate surface area is 409 Å². The summed E-state index contributed by atoms with van der Waals surface area (Å²) in [7, 11) is 0. The molecule has 5 heterocycles. The Balaban J connectivity index is 0.000000281. The predicted molar refractivity (Wildman–Crippen MR) is 267 cm³/mol. The number of rotatable bonds is 14. The number of hydrazone groups is 1. The van der Waals surface area contributed by atoms with E-state index < -0.39 is 23.4 Å². The number of nitrogens with zero attached hydrogens (tertiary/aromatic N) is 8. The Morgan fingerprint density at radius 3 is 2.19 bits per heavy atom. The second-order valence-electron chi connectivity index (χ2n) is 19.0. The van der Waals surface area contributed by atoms with Crippen LogP contribution in [0.15, 0.2) is 83.0 Å². The molecule has 2 N–H and O–H groups in total. The van der Waals surface area contributed by atoms with Crippen molar-refractivity contribution in [2.75, 3.05) is 83.9 Å². The average Bonchev–Trinajstić information content (AvgIpc) is 3.34. The summed E-state index contributed by atoms with van der Waals surface area (Å²) in [6.07, 6.45) is 6.81. The highest BCUT2D eigenvalue weighted by Crippen LogP contribution is 2.25. The van der Waals surface area contributed by atoms with Crippen LogP contribution in [0, 0.1) is 25.6 Å². The van der Waals surface area contributed by atoms with Crippen molar-refractivity contribution in [3.8, 4) is 11.1 Å². The van der Waals surface area contributed by atoms with Gasteiger partial charge >= 0.3 is 6.09 Å². The summed E-state index contributed by atoms with van der Waals surface area (Å²) in [5, 5.41) is 6.93. The van der Waals surface area contributed by atoms with E-state index in [9.17, 15) is 33.2 Å². The number of aromatic nitrogens is 2. The highest BCUT2D eigenvalue weighted by atomic mass is 19.1. The first-order valence-electron chi connectivity index (χ1n) is 24.0. The zero-order chi connectivity index (χ0) is 50.4. The van der Waals surface area contributed by atoms with Crippen molar-refractivity contribution >= 4 is 42.1 Å². The monoisotopic (exact) mass is 963 g/mol. The van der Waals surface area contributed by atoms with Crippen LogP contribution in [0.5, 0.6) is 0 Å². The summed E-state index contributed by atoms with van der Waals surface area (Å²) in [4.78, 5) is 86.4. The summed E-state index contributed by atoms with van der Waals surface area (Å²) in [6.45, 7) is 19.8. The van der Waals surface area contributed by atoms with Crippen molar-refractivity contribution in [1.82, 2.24) is 39.5 Å². The number of carbonyl (C=O) groups excluding carboxylic acids is 5. The van der Waals surface area contributed by atoms with E-state index in [1.807, 2.05) is 76.8 Å². The number of carbonyl (C=O) groups is 5. The van der Waals surface area contributed by atoms with Crippen LogP contribution in [0.1, 0.15) is 73.3 Å². The molecule has 3 fully saturated rings. The molecule has 0 saturated carbocycles. The molecule has 374 valence electrons. The third-order valence-electron chi connectivity index (χ3n) is 12.8. The smallest absolute Gasteiger partial charge is 0.412 e. The van der Waals surface area contributed by atoms with Gasteiger partial charge in [0, 0.05) is 115 Å². The van der Waals surface area contributed by atoms with E-state index in [1.165, 1.54) is 12.1 Å². The fourth-order valence-electron chi connectivity index (χ4n) is 8.77. The number of hydrogen-bond donors (Lipinski definition) is 2. The largest absolute Gasteiger partial charge is 0.444 e. The number of halogens is 1. The normalized spacial score (nSPS) is 16.2. The zero-order valence-corrected chi connectivity index (χ0v) is 41.3. The number of piperazine rings is 2. The van der Waals surface area contributed by atoms with E-state index in [0.717, 1.165) is 87.3 Å². The lowest BCUT2D eigenvalue weighted by Crippen LogP contribution is -2.55. The minimum Gasteiger partial charge on any atom is -0.444 e. The Kier molecular flexibility index (Phi) is 18.5. The number of pyridine rings is 2. The lowest BCUT2D eigenvalue weighted by atomic mass is 9.96. The van der Waals surface area contributed by atoms with Crippen molar-refractivity contribution in [1.29, 1.82) is 0 Å². The molecule has 0 bridgehead atoms. The van der Waals surface area contributed by atoms with Gasteiger partial charge in [0.25, 0.3) is 11.5 Å². The highest BCUT2D eigenvalue weighted by Gasteiger charge is 2.29. The third kappa shape index (κ3) is 14.9. The molecule has 0 unspecified atom stereocenters. The van der Waals surface area contributed by atoms with Crippen LogP contribution in [-0.2, 0) is 32.1 Å². The molecule has 2 aromatic heterocycles. The molecule has 0 atom stereocenters. The van der Waals surface area contributed by atoms with Crippen molar-refractivity contribution in [2.45, 2.75) is 73.0 Å². The Bertz CT molecular complexity index is 2550. The lowest BCUT2D eigenvalue weighted by Gasteiger charge is -2.39. The van der Waals surface area contributed by atoms with Crippen LogP contribution in [-0.4, -0.2) is 155 Å². The molecular weight excluding hydrogens is 896 g/mol. The third-order valence-corrected chi connectivity index (χ3v) is 12.8. The van der Waals surface area contributed by atoms with Crippen LogP contribution in [0.3, 0.4) is 0 Å². The summed E-state index contributed by atoms with van der Waals surface area (Å²) in [5.41, 5.74) is 7.79. The number of likely N-dealkylation sites (tertiary alicyclic amines) is 1. The molecule has 2 aromatic carbocycles. The standard InChI is InChI=1S/C34H44FN7O4.C18H23N3O3/c1-26-4-2-3-5-29(26)32(37-36-24-43)21-28-6-7-31(35)30(20-28)34(46)42-18-16-41(17-19-42)33(45)23-39-14-12-38(13-15-39)22-27-8-10-40(25-44)11-9-27;1-6-21-11-13(7-8-16(21)22)14-9-15(12(2)19-10-14)20-17(23)24-18(3,4)5/h2-7,20,24-25,27H,8-19,21-23H2,1H3,(H,36,43);7-11H,6H2,1-5H3,(H,20,23)/b37-32-;. The van der Waals surface area contributed by atoms with E-state index in [1.54, 1.807) is 45.0 Å². The first kappa shape index (κ1) is 52.6. The van der Waals surface area contributed by atoms with Crippen LogP contribution in [0.25, 0.3) is 11.1 Å². The van der Waals surface area contributed by atoms with Gasteiger partial charge in [0.15, 0.2) is 0 Å². The number of anilines is 1. The minimum atomic E-state index is -0.599. The predicted octanol–water partition coefficient (Wildman–Crippen LogP) is 5.18. The molecule has 5 amide bonds. The number of amides is 5. The number of ether oxygens (including phenoxy) is 1. The summed E-state index contributed by atoms with van der Waals surface area (Å²) < 4.78 is 21.8. The average molecular weight is 963 g/mol. The topological polar surface area (TPSA) is 182 Å². The van der Waals surface area contributed by atoms with Gasteiger partial charge in [-0.3, -0.25) is 39.2 Å². The highest BCUT2D eigenvalue weighted by molar-refractivity contribution is 6.03. The van der Waals surface area contributed by atoms with Crippen molar-refractivity contribution in [3.05, 3.63) is 117 Å². The molecule has 0 spiro atoms. The van der Waals surface area contributed by atoms with Crippen LogP contribution in [0.2, 0.25) is 0 Å². The van der Waals surface area contributed by atoms with Crippen molar-refractivity contribution in [2.24, 2.45) is 11.0 Å². The van der Waals surface area contributed by atoms with Crippen molar-refractivity contribution in [3.63, 3.8) is 0 Å². The SMILES string of the molecule is CCn1cc(-c2cnc(C)c(NC(=O)OC(C)(C)C)c2)ccc1=O.Cc1ccccc1/C(Cc1ccc(F)c(C(=O)N2CCN(C(=O)CN3CCN(CC4CCN(C=O)CC4)CC3)CC2)c1)=N\NC=O. The first-order valence-corrected chi connectivity index (χ1v) is 24.0. The number of piperidine rings is 1. The molecule has 0 radical (unpaired) electrons. The molecule has 70 heavy (non-hydrogen) atoms. The summed E-state index contributed by atoms with van der Waals surface area (Å²) in [6, 6.07) is 17.2. The lowest BCUT2D eigenvalue weighted by molar-refractivity contribution is -0.134. The van der Waals surface area contributed by atoms with Gasteiger partial charge in [-0.05, 0) is 101 Å². The molecule has 0 aliphatic carbocycles. The fraction of sp³-hybridized carbons (Fsp3) is 0.462. The number of nitrogens with one attached hydrogen (secondary N) is 2. The molecule has 17 nitrogen and oxygen atoms in total. The van der Waals surface area contributed by atoms with Gasteiger partial charge in [-0.15, -0.1) is 0 Å². The Hall–Kier alpha value is -6.79. The maximum absolute atomic E-state index is 14.9. The maximum Gasteiger partial charge on any atom is 0.412 e. The van der Waals surface area contributed by atoms with Gasteiger partial charge in [0.05, 0.1) is 29.2 Å². The van der Waals surface area contributed by atoms with Gasteiger partial charge in [0.1, 0.15) is 11.4 Å². The molecule has 3 saturated heterocycles. The summed E-state index contributed by atoms with van der Waals surface area (Å²) in [5.74, 6) is -0.324. The number of aryl methyl sites for hydroxylation is 3. The van der Waals surface area contributed by atoms with Gasteiger partial charge in [-0.1, -0.05) is 30.3 Å². The molecule has 18 heteroatoms. The van der Waals surface area contributed by atoms with Gasteiger partial charge < -0.3 is 28.9 Å². The molecule has 7 rings (SSSR count). The minimum absolute atomic E-state index is 0.0167. The van der Waals surface area contributed by atoms with E-state index in [2.05, 4.69) is 30.6 Å². The molecule has 3 aliphatic rings. The Morgan fingerprint density at radius 1 is 0.843 bits per heavy atom. The van der Waals surface area contributed by atoms with Crippen LogP contribution >= 0.6 is 0 Å². The maximum atomic E-state index is 14.9. The first-order chi connectivity index (χ1) is 33.5. The van der Waals surface area contributed by atoms with E-state index in [-0.39, 0.29) is 17.0 Å². The van der Waals surface area contributed by atoms with E-state index >= 15 is 0 Å². The second-order valence-corrected chi connectivity index (χ2v) is 19.0. The van der Waals surface area contributed by atoms with E-state index in [4.69, 9.17) is 4.74 Å². The fourth-order valence-corrected chi connectivity index (χ4v) is 8.77. The second kappa shape index (κ2) is 24.7. The van der Waals surface area contributed by atoms with Gasteiger partial charge in [0.2, 0.25) is 18.7 Å². The number of benzene rings is 2. The van der Waals surface area contributed by atoms with Gasteiger partial charge in [-0.25, -0.2) is 14.6 Å². The van der Waals surface area contributed by atoms with Crippen LogP contribution in [0.4, 0.5) is 14.9 Å².